The maximum Gasteiger partial charge on any atom is 0.223 e. The Hall–Kier alpha value is -2.40. The quantitative estimate of drug-likeness (QED) is 0.854. The third-order valence-corrected chi connectivity index (χ3v) is 4.04. The number of hydrogen-bond acceptors (Lipinski definition) is 4. The number of para-hydroxylation sites is 1. The number of benzene rings is 2. The van der Waals surface area contributed by atoms with Crippen molar-refractivity contribution in [1.82, 2.24) is 5.32 Å². The molecule has 3 rings (SSSR count). The molecule has 0 unspecified atom stereocenters. The summed E-state index contributed by atoms with van der Waals surface area (Å²) in [7, 11) is 0. The van der Waals surface area contributed by atoms with Gasteiger partial charge in [-0.25, -0.2) is 0 Å². The number of ether oxygens (including phenoxy) is 3. The summed E-state index contributed by atoms with van der Waals surface area (Å²) in [6.07, 6.45) is 1.13. The Morgan fingerprint density at radius 1 is 1.12 bits per heavy atom. The van der Waals surface area contributed by atoms with Gasteiger partial charge in [0.05, 0.1) is 31.3 Å². The van der Waals surface area contributed by atoms with Crippen molar-refractivity contribution in [2.45, 2.75) is 19.4 Å². The molecule has 0 atom stereocenters. The van der Waals surface area contributed by atoms with E-state index >= 15 is 0 Å². The van der Waals surface area contributed by atoms with Crippen LogP contribution in [0.4, 0.5) is 0 Å². The highest BCUT2D eigenvalue weighted by Crippen LogP contribution is 2.30. The molecule has 0 radical (unpaired) electrons. The van der Waals surface area contributed by atoms with Crippen LogP contribution in [-0.4, -0.2) is 25.7 Å². The molecular formula is C19H20ClNO4. The minimum absolute atomic E-state index is 0.0841. The van der Waals surface area contributed by atoms with E-state index in [4.69, 9.17) is 25.8 Å². The second kappa shape index (κ2) is 8.62. The Labute approximate surface area is 151 Å². The summed E-state index contributed by atoms with van der Waals surface area (Å²) in [5.41, 5.74) is 0.963. The van der Waals surface area contributed by atoms with E-state index in [1.54, 1.807) is 12.1 Å². The highest BCUT2D eigenvalue weighted by molar-refractivity contribution is 6.32. The molecule has 0 bridgehead atoms. The van der Waals surface area contributed by atoms with Crippen LogP contribution in [0.5, 0.6) is 17.2 Å². The van der Waals surface area contributed by atoms with Gasteiger partial charge in [0.1, 0.15) is 5.75 Å². The summed E-state index contributed by atoms with van der Waals surface area (Å²) in [5, 5.41) is 3.41. The van der Waals surface area contributed by atoms with Crippen LogP contribution in [0, 0.1) is 0 Å². The van der Waals surface area contributed by atoms with Crippen LogP contribution in [0.1, 0.15) is 18.4 Å². The number of nitrogens with one attached hydrogen (secondary N) is 1. The van der Waals surface area contributed by atoms with E-state index in [0.29, 0.717) is 30.5 Å². The van der Waals surface area contributed by atoms with Gasteiger partial charge >= 0.3 is 0 Å². The van der Waals surface area contributed by atoms with Crippen LogP contribution in [0.3, 0.4) is 0 Å². The van der Waals surface area contributed by atoms with E-state index in [1.807, 2.05) is 30.3 Å². The van der Waals surface area contributed by atoms with Crippen molar-refractivity contribution >= 4 is 17.5 Å². The van der Waals surface area contributed by atoms with Crippen LogP contribution in [-0.2, 0) is 11.3 Å². The fourth-order valence-corrected chi connectivity index (χ4v) is 2.61. The first-order valence-corrected chi connectivity index (χ1v) is 8.63. The van der Waals surface area contributed by atoms with Crippen molar-refractivity contribution in [2.75, 3.05) is 19.8 Å². The predicted octanol–water partition coefficient (Wildman–Crippen LogP) is 3.59. The Balaban J connectivity index is 1.44. The molecule has 1 N–H and O–H groups in total. The van der Waals surface area contributed by atoms with Crippen molar-refractivity contribution in [3.63, 3.8) is 0 Å². The zero-order valence-corrected chi connectivity index (χ0v) is 14.6. The second-order valence-electron chi connectivity index (χ2n) is 5.64. The average molecular weight is 362 g/mol. The van der Waals surface area contributed by atoms with E-state index in [0.717, 1.165) is 23.5 Å². The standard InChI is InChI=1S/C19H20ClNO4/c20-15-4-1-2-5-16(15)25-11-8-19(22)21-13-14-6-7-17-18(12-14)24-10-3-9-23-17/h1-2,4-7,12H,3,8-11,13H2,(H,21,22). The summed E-state index contributed by atoms with van der Waals surface area (Å²) in [6, 6.07) is 12.9. The molecule has 1 heterocycles. The molecule has 0 spiro atoms. The Morgan fingerprint density at radius 3 is 2.76 bits per heavy atom. The van der Waals surface area contributed by atoms with Gasteiger partial charge in [0.15, 0.2) is 11.5 Å². The first-order valence-electron chi connectivity index (χ1n) is 8.25. The lowest BCUT2D eigenvalue weighted by Crippen LogP contribution is -2.24. The Kier molecular flexibility index (Phi) is 6.01. The van der Waals surface area contributed by atoms with Gasteiger partial charge in [-0.05, 0) is 29.8 Å². The minimum Gasteiger partial charge on any atom is -0.491 e. The Bertz CT molecular complexity index is 735. The van der Waals surface area contributed by atoms with Crippen LogP contribution in [0.15, 0.2) is 42.5 Å². The normalized spacial score (nSPS) is 13.0. The molecule has 132 valence electrons. The molecule has 0 fully saturated rings. The maximum absolute atomic E-state index is 12.0. The topological polar surface area (TPSA) is 56.8 Å². The molecule has 6 heteroatoms. The van der Waals surface area contributed by atoms with Gasteiger partial charge in [-0.2, -0.15) is 0 Å². The van der Waals surface area contributed by atoms with E-state index in [1.165, 1.54) is 0 Å². The number of carbonyl (C=O) groups excluding carboxylic acids is 1. The molecule has 0 aliphatic carbocycles. The summed E-state index contributed by atoms with van der Waals surface area (Å²) in [4.78, 5) is 12.0. The number of rotatable bonds is 6. The smallest absolute Gasteiger partial charge is 0.223 e. The molecule has 25 heavy (non-hydrogen) atoms. The number of halogens is 1. The second-order valence-corrected chi connectivity index (χ2v) is 6.04. The molecule has 2 aromatic carbocycles. The van der Waals surface area contributed by atoms with E-state index in [-0.39, 0.29) is 18.9 Å². The predicted molar refractivity (Wildman–Crippen MR) is 95.5 cm³/mol. The first-order chi connectivity index (χ1) is 12.2. The molecule has 1 aliphatic rings. The molecular weight excluding hydrogens is 342 g/mol. The third-order valence-electron chi connectivity index (χ3n) is 3.72. The summed E-state index contributed by atoms with van der Waals surface area (Å²) >= 11 is 6.00. The Morgan fingerprint density at radius 2 is 1.92 bits per heavy atom. The van der Waals surface area contributed by atoms with E-state index in [9.17, 15) is 4.79 Å². The molecule has 1 amide bonds. The number of hydrogen-bond donors (Lipinski definition) is 1. The highest BCUT2D eigenvalue weighted by atomic mass is 35.5. The van der Waals surface area contributed by atoms with Crippen molar-refractivity contribution < 1.29 is 19.0 Å². The fourth-order valence-electron chi connectivity index (χ4n) is 2.42. The fraction of sp³-hybridized carbons (Fsp3) is 0.316. The van der Waals surface area contributed by atoms with Crippen molar-refractivity contribution in [3.05, 3.63) is 53.1 Å². The molecule has 1 aliphatic heterocycles. The van der Waals surface area contributed by atoms with Crippen molar-refractivity contribution in [3.8, 4) is 17.2 Å². The van der Waals surface area contributed by atoms with Gasteiger partial charge in [0.2, 0.25) is 5.91 Å². The van der Waals surface area contributed by atoms with Gasteiger partial charge in [-0.3, -0.25) is 4.79 Å². The van der Waals surface area contributed by atoms with Crippen LogP contribution in [0.25, 0.3) is 0 Å². The summed E-state index contributed by atoms with van der Waals surface area (Å²) in [6.45, 7) is 2.01. The molecule has 0 saturated carbocycles. The van der Waals surface area contributed by atoms with Crippen molar-refractivity contribution in [1.29, 1.82) is 0 Å². The summed E-state index contributed by atoms with van der Waals surface area (Å²) < 4.78 is 16.8. The zero-order valence-electron chi connectivity index (χ0n) is 13.8. The molecule has 0 aromatic heterocycles. The van der Waals surface area contributed by atoms with Crippen molar-refractivity contribution in [2.24, 2.45) is 0 Å². The summed E-state index contributed by atoms with van der Waals surface area (Å²) in [5.74, 6) is 1.98. The third kappa shape index (κ3) is 5.03. The number of fused-ring (bicyclic) bond motifs is 1. The molecule has 0 saturated heterocycles. The van der Waals surface area contributed by atoms with Crippen LogP contribution in [0.2, 0.25) is 5.02 Å². The lowest BCUT2D eigenvalue weighted by atomic mass is 10.2. The van der Waals surface area contributed by atoms with Crippen LogP contribution >= 0.6 is 11.6 Å². The first kappa shape index (κ1) is 17.4. The van der Waals surface area contributed by atoms with Gasteiger partial charge in [-0.1, -0.05) is 29.8 Å². The lowest BCUT2D eigenvalue weighted by molar-refractivity contribution is -0.121. The van der Waals surface area contributed by atoms with Crippen LogP contribution < -0.4 is 19.5 Å². The number of carbonyl (C=O) groups is 1. The minimum atomic E-state index is -0.0841. The monoisotopic (exact) mass is 361 g/mol. The molecule has 2 aromatic rings. The highest BCUT2D eigenvalue weighted by Gasteiger charge is 2.11. The number of amides is 1. The van der Waals surface area contributed by atoms with Gasteiger partial charge in [0, 0.05) is 13.0 Å². The SMILES string of the molecule is O=C(CCOc1ccccc1Cl)NCc1ccc2c(c1)OCCCO2. The van der Waals surface area contributed by atoms with E-state index < -0.39 is 0 Å². The van der Waals surface area contributed by atoms with Gasteiger partial charge < -0.3 is 19.5 Å². The lowest BCUT2D eigenvalue weighted by Gasteiger charge is -2.11. The molecule has 5 nitrogen and oxygen atoms in total. The van der Waals surface area contributed by atoms with E-state index in [2.05, 4.69) is 5.32 Å². The van der Waals surface area contributed by atoms with Gasteiger partial charge in [-0.15, -0.1) is 0 Å². The largest absolute Gasteiger partial charge is 0.491 e. The maximum atomic E-state index is 12.0. The average Bonchev–Trinajstić information content (AvgIpc) is 2.86. The zero-order chi connectivity index (χ0) is 17.5. The van der Waals surface area contributed by atoms with Gasteiger partial charge in [0.25, 0.3) is 0 Å².